The van der Waals surface area contributed by atoms with E-state index in [1.807, 2.05) is 13.0 Å². The molecule has 1 unspecified atom stereocenters. The number of benzene rings is 1. The van der Waals surface area contributed by atoms with Gasteiger partial charge in [-0.15, -0.1) is 0 Å². The molecule has 0 bridgehead atoms. The molecule has 10 heteroatoms. The van der Waals surface area contributed by atoms with Crippen LogP contribution in [0.25, 0.3) is 0 Å². The number of pyridine rings is 1. The summed E-state index contributed by atoms with van der Waals surface area (Å²) in [5, 5.41) is 33.4. The number of guanidine groups is 1. The van der Waals surface area contributed by atoms with Crippen molar-refractivity contribution in [2.45, 2.75) is 26.0 Å². The lowest BCUT2D eigenvalue weighted by atomic mass is 9.94. The normalized spacial score (nSPS) is 14.6. The molecule has 0 spiro atoms. The molecule has 2 aromatic rings. The molecule has 1 aromatic heterocycles. The van der Waals surface area contributed by atoms with Gasteiger partial charge in [0.05, 0.1) is 18.9 Å². The van der Waals surface area contributed by atoms with Crippen molar-refractivity contribution in [2.24, 2.45) is 4.99 Å². The van der Waals surface area contributed by atoms with Crippen molar-refractivity contribution in [1.29, 1.82) is 10.5 Å². The van der Waals surface area contributed by atoms with Gasteiger partial charge in [0.15, 0.2) is 6.19 Å². The molecule has 0 aliphatic carbocycles. The van der Waals surface area contributed by atoms with E-state index in [9.17, 15) is 10.4 Å². The second-order valence-corrected chi connectivity index (χ2v) is 6.28. The molecule has 0 amide bonds. The van der Waals surface area contributed by atoms with Gasteiger partial charge in [-0.25, -0.2) is 9.98 Å². The predicted octanol–water partition coefficient (Wildman–Crippen LogP) is 1.34. The van der Waals surface area contributed by atoms with Crippen molar-refractivity contribution < 1.29 is 9.84 Å². The molecule has 0 saturated heterocycles. The Morgan fingerprint density at radius 3 is 2.79 bits per heavy atom. The molecule has 0 saturated carbocycles. The number of aromatic nitrogens is 1. The van der Waals surface area contributed by atoms with Crippen molar-refractivity contribution in [2.75, 3.05) is 23.4 Å². The van der Waals surface area contributed by atoms with Crippen molar-refractivity contribution in [3.8, 4) is 18.0 Å². The Morgan fingerprint density at radius 1 is 1.34 bits per heavy atom. The Labute approximate surface area is 167 Å². The molecule has 1 aromatic carbocycles. The van der Waals surface area contributed by atoms with E-state index >= 15 is 0 Å². The van der Waals surface area contributed by atoms with Crippen LogP contribution in [0.2, 0.25) is 0 Å². The molecule has 0 radical (unpaired) electrons. The Hall–Kier alpha value is -4.02. The number of fused-ring (bicyclic) bond motifs is 1. The molecular weight excluding hydrogens is 372 g/mol. The number of nitrogens with one attached hydrogen (secondary N) is 2. The number of hydrogen-bond donors (Lipinski definition) is 5. The number of hydrogen-bond acceptors (Lipinski definition) is 10. The number of nitriles is 2. The lowest BCUT2D eigenvalue weighted by molar-refractivity contribution is 0.262. The standard InChI is InChI=1S/C19H20N8O2/c1-2-5-29-13-4-3-10(6-11(13)8-28)16-14-15(22)12(7-20)17(23)26-18(14)27-19(25-16)24-9-21/h3-4,6,16,28H,2,5,8H2,1H3,(H6,22,23,24,25,26,27). The second kappa shape index (κ2) is 8.33. The Kier molecular flexibility index (Phi) is 5.67. The zero-order valence-corrected chi connectivity index (χ0v) is 15.7. The average molecular weight is 392 g/mol. The number of aliphatic hydroxyl groups is 1. The molecular formula is C19H20N8O2. The summed E-state index contributed by atoms with van der Waals surface area (Å²) < 4.78 is 5.66. The minimum Gasteiger partial charge on any atom is -0.493 e. The number of aliphatic imine (C=N–C) groups is 1. The fraction of sp³-hybridized carbons (Fsp3) is 0.263. The second-order valence-electron chi connectivity index (χ2n) is 6.28. The number of nitrogens with zero attached hydrogens (tertiary/aromatic N) is 4. The van der Waals surface area contributed by atoms with E-state index in [1.54, 1.807) is 24.4 Å². The van der Waals surface area contributed by atoms with Gasteiger partial charge < -0.3 is 26.6 Å². The zero-order chi connectivity index (χ0) is 21.0. The molecule has 1 atom stereocenters. The predicted molar refractivity (Wildman–Crippen MR) is 108 cm³/mol. The highest BCUT2D eigenvalue weighted by Gasteiger charge is 2.30. The van der Waals surface area contributed by atoms with Gasteiger partial charge in [-0.1, -0.05) is 13.0 Å². The maximum absolute atomic E-state index is 9.77. The number of nitrogens with two attached hydrogens (primary N) is 2. The molecule has 29 heavy (non-hydrogen) atoms. The van der Waals surface area contributed by atoms with E-state index in [-0.39, 0.29) is 29.6 Å². The van der Waals surface area contributed by atoms with Crippen molar-refractivity contribution >= 4 is 23.3 Å². The summed E-state index contributed by atoms with van der Waals surface area (Å²) in [7, 11) is 0. The van der Waals surface area contributed by atoms with Crippen LogP contribution in [0, 0.1) is 22.8 Å². The van der Waals surface area contributed by atoms with Gasteiger partial charge in [0.1, 0.15) is 35.1 Å². The lowest BCUT2D eigenvalue weighted by Gasteiger charge is -2.26. The Morgan fingerprint density at radius 2 is 2.14 bits per heavy atom. The molecule has 1 aliphatic rings. The zero-order valence-electron chi connectivity index (χ0n) is 15.7. The fourth-order valence-corrected chi connectivity index (χ4v) is 3.07. The minimum atomic E-state index is -0.673. The van der Waals surface area contributed by atoms with Crippen LogP contribution in [-0.2, 0) is 6.61 Å². The van der Waals surface area contributed by atoms with Crippen LogP contribution in [0.3, 0.4) is 0 Å². The number of ether oxygens (including phenoxy) is 1. The summed E-state index contributed by atoms with van der Waals surface area (Å²) in [6.07, 6.45) is 2.64. The van der Waals surface area contributed by atoms with Gasteiger partial charge in [0, 0.05) is 11.1 Å². The summed E-state index contributed by atoms with van der Waals surface area (Å²) in [6, 6.07) is 6.58. The number of anilines is 3. The van der Waals surface area contributed by atoms with Gasteiger partial charge in [-0.2, -0.15) is 10.5 Å². The summed E-state index contributed by atoms with van der Waals surface area (Å²) >= 11 is 0. The summed E-state index contributed by atoms with van der Waals surface area (Å²) in [5.74, 6) is 1.02. The van der Waals surface area contributed by atoms with Crippen LogP contribution in [0.1, 0.15) is 41.6 Å². The largest absolute Gasteiger partial charge is 0.493 e. The van der Waals surface area contributed by atoms with Crippen molar-refractivity contribution in [1.82, 2.24) is 10.3 Å². The van der Waals surface area contributed by atoms with E-state index in [0.29, 0.717) is 34.9 Å². The lowest BCUT2D eigenvalue weighted by Crippen LogP contribution is -2.32. The Bertz CT molecular complexity index is 1050. The molecule has 7 N–H and O–H groups in total. The van der Waals surface area contributed by atoms with E-state index < -0.39 is 6.04 Å². The minimum absolute atomic E-state index is 0.0208. The van der Waals surface area contributed by atoms with Gasteiger partial charge >= 0.3 is 0 Å². The highest BCUT2D eigenvalue weighted by atomic mass is 16.5. The van der Waals surface area contributed by atoms with Crippen molar-refractivity contribution in [3.63, 3.8) is 0 Å². The first kappa shape index (κ1) is 19.7. The number of aliphatic hydroxyl groups excluding tert-OH is 1. The highest BCUT2D eigenvalue weighted by molar-refractivity contribution is 5.98. The number of rotatable bonds is 5. The molecule has 0 fully saturated rings. The van der Waals surface area contributed by atoms with E-state index in [0.717, 1.165) is 6.42 Å². The van der Waals surface area contributed by atoms with Gasteiger partial charge in [-0.3, -0.25) is 5.32 Å². The third-order valence-corrected chi connectivity index (χ3v) is 4.39. The topological polar surface area (TPSA) is 178 Å². The number of nitrogen functional groups attached to an aromatic ring is 2. The van der Waals surface area contributed by atoms with E-state index in [2.05, 4.69) is 20.6 Å². The van der Waals surface area contributed by atoms with E-state index in [1.165, 1.54) is 0 Å². The van der Waals surface area contributed by atoms with Crippen LogP contribution in [0.5, 0.6) is 5.75 Å². The van der Waals surface area contributed by atoms with Crippen LogP contribution in [0.4, 0.5) is 17.3 Å². The smallest absolute Gasteiger partial charge is 0.211 e. The molecule has 2 heterocycles. The molecule has 148 valence electrons. The Balaban J connectivity index is 2.16. The third kappa shape index (κ3) is 3.70. The van der Waals surface area contributed by atoms with E-state index in [4.69, 9.17) is 21.5 Å². The average Bonchev–Trinajstić information content (AvgIpc) is 2.72. The molecule has 3 rings (SSSR count). The monoisotopic (exact) mass is 392 g/mol. The first-order valence-electron chi connectivity index (χ1n) is 8.89. The SMILES string of the molecule is CCCOc1ccc(C2N=C(NC#N)Nc3nc(N)c(C#N)c(N)c32)cc1CO. The molecule has 1 aliphatic heterocycles. The van der Waals surface area contributed by atoms with Crippen molar-refractivity contribution in [3.05, 3.63) is 40.5 Å². The van der Waals surface area contributed by atoms with Crippen LogP contribution in [0.15, 0.2) is 23.2 Å². The van der Waals surface area contributed by atoms with Crippen LogP contribution >= 0.6 is 0 Å². The van der Waals surface area contributed by atoms with Gasteiger partial charge in [0.2, 0.25) is 5.96 Å². The maximum Gasteiger partial charge on any atom is 0.211 e. The third-order valence-electron chi connectivity index (χ3n) is 4.39. The molecule has 10 nitrogen and oxygen atoms in total. The van der Waals surface area contributed by atoms with Crippen LogP contribution in [-0.4, -0.2) is 22.7 Å². The summed E-state index contributed by atoms with van der Waals surface area (Å²) in [4.78, 5) is 8.71. The van der Waals surface area contributed by atoms with Gasteiger partial charge in [-0.05, 0) is 24.1 Å². The first-order valence-corrected chi connectivity index (χ1v) is 8.89. The van der Waals surface area contributed by atoms with Crippen LogP contribution < -0.4 is 26.8 Å². The van der Waals surface area contributed by atoms with Gasteiger partial charge in [0.25, 0.3) is 0 Å². The summed E-state index contributed by atoms with van der Waals surface area (Å²) in [5.41, 5.74) is 14.0. The highest BCUT2D eigenvalue weighted by Crippen LogP contribution is 2.41. The maximum atomic E-state index is 9.77. The summed E-state index contributed by atoms with van der Waals surface area (Å²) in [6.45, 7) is 2.29. The first-order chi connectivity index (χ1) is 14.0. The quantitative estimate of drug-likeness (QED) is 0.371. The fourth-order valence-electron chi connectivity index (χ4n) is 3.07.